The third kappa shape index (κ3) is 2.65. The molecular weight excluding hydrogens is 264 g/mol. The summed E-state index contributed by atoms with van der Waals surface area (Å²) in [6.45, 7) is 0. The number of aromatic nitrogens is 7. The molecule has 3 aromatic rings. The average Bonchev–Trinajstić information content (AvgIpc) is 2.93. The van der Waals surface area contributed by atoms with Gasteiger partial charge in [0.2, 0.25) is 17.1 Å². The summed E-state index contributed by atoms with van der Waals surface area (Å²) in [6.07, 6.45) is 8.07. The maximum atomic E-state index is 5.68. The molecule has 3 aromatic heterocycles. The Morgan fingerprint density at radius 1 is 1.11 bits per heavy atom. The Kier molecular flexibility index (Phi) is 3.02. The second-order valence-electron chi connectivity index (χ2n) is 3.40. The van der Waals surface area contributed by atoms with E-state index in [1.165, 1.54) is 18.1 Å². The van der Waals surface area contributed by atoms with Crippen molar-refractivity contribution in [2.45, 2.75) is 10.2 Å². The lowest BCUT2D eigenvalue weighted by Crippen LogP contribution is -2.06. The first kappa shape index (κ1) is 11.5. The van der Waals surface area contributed by atoms with Crippen LogP contribution in [0.5, 0.6) is 0 Å². The van der Waals surface area contributed by atoms with Crippen LogP contribution in [0.1, 0.15) is 0 Å². The van der Waals surface area contributed by atoms with Crippen LogP contribution in [0.3, 0.4) is 0 Å². The Hall–Kier alpha value is -2.55. The minimum atomic E-state index is 0.148. The standard InChI is InChI=1S/C10H8N8S/c11-8-15-9(18-4-3-13-6-18)17-10(16-8)19-7-1-2-12-5-14-7/h1-6H,(H2,11,15,16,17). The van der Waals surface area contributed by atoms with Crippen molar-refractivity contribution in [1.29, 1.82) is 0 Å². The molecule has 0 saturated heterocycles. The monoisotopic (exact) mass is 272 g/mol. The third-order valence-corrected chi connectivity index (χ3v) is 2.92. The van der Waals surface area contributed by atoms with Crippen LogP contribution < -0.4 is 5.73 Å². The second-order valence-corrected chi connectivity index (χ2v) is 4.38. The van der Waals surface area contributed by atoms with Crippen molar-refractivity contribution in [3.8, 4) is 5.95 Å². The lowest BCUT2D eigenvalue weighted by molar-refractivity contribution is 0.831. The molecule has 0 aromatic carbocycles. The number of rotatable bonds is 3. The molecule has 19 heavy (non-hydrogen) atoms. The van der Waals surface area contributed by atoms with Crippen LogP contribution in [-0.2, 0) is 0 Å². The molecule has 0 bridgehead atoms. The van der Waals surface area contributed by atoms with Crippen LogP contribution in [0.2, 0.25) is 0 Å². The zero-order valence-electron chi connectivity index (χ0n) is 9.58. The van der Waals surface area contributed by atoms with Crippen molar-refractivity contribution in [3.63, 3.8) is 0 Å². The summed E-state index contributed by atoms with van der Waals surface area (Å²) in [5.41, 5.74) is 5.68. The van der Waals surface area contributed by atoms with Crippen molar-refractivity contribution in [1.82, 2.24) is 34.5 Å². The largest absolute Gasteiger partial charge is 0.368 e. The molecular formula is C10H8N8S. The smallest absolute Gasteiger partial charge is 0.240 e. The highest BCUT2D eigenvalue weighted by Gasteiger charge is 2.08. The van der Waals surface area contributed by atoms with Crippen LogP contribution in [0.4, 0.5) is 5.95 Å². The van der Waals surface area contributed by atoms with Crippen molar-refractivity contribution in [2.75, 3.05) is 5.73 Å². The highest BCUT2D eigenvalue weighted by atomic mass is 32.2. The van der Waals surface area contributed by atoms with Gasteiger partial charge in [0.05, 0.1) is 0 Å². The number of imidazole rings is 1. The maximum Gasteiger partial charge on any atom is 0.240 e. The first-order chi connectivity index (χ1) is 9.31. The first-order valence-electron chi connectivity index (χ1n) is 5.25. The zero-order valence-corrected chi connectivity index (χ0v) is 10.4. The molecule has 2 N–H and O–H groups in total. The normalized spacial score (nSPS) is 10.5. The Balaban J connectivity index is 1.94. The fourth-order valence-corrected chi connectivity index (χ4v) is 2.01. The number of hydrogen-bond donors (Lipinski definition) is 1. The second kappa shape index (κ2) is 4.98. The summed E-state index contributed by atoms with van der Waals surface area (Å²) in [6, 6.07) is 1.77. The fourth-order valence-electron chi connectivity index (χ4n) is 1.33. The summed E-state index contributed by atoms with van der Waals surface area (Å²) in [7, 11) is 0. The highest BCUT2D eigenvalue weighted by Crippen LogP contribution is 2.22. The Morgan fingerprint density at radius 3 is 2.79 bits per heavy atom. The van der Waals surface area contributed by atoms with Gasteiger partial charge >= 0.3 is 0 Å². The minimum Gasteiger partial charge on any atom is -0.368 e. The van der Waals surface area contributed by atoms with E-state index in [2.05, 4.69) is 29.9 Å². The van der Waals surface area contributed by atoms with Crippen LogP contribution in [0, 0.1) is 0 Å². The van der Waals surface area contributed by atoms with E-state index in [0.29, 0.717) is 11.1 Å². The summed E-state index contributed by atoms with van der Waals surface area (Å²) in [4.78, 5) is 24.3. The predicted octanol–water partition coefficient (Wildman–Crippen LogP) is 0.581. The summed E-state index contributed by atoms with van der Waals surface area (Å²) >= 11 is 1.29. The van der Waals surface area contributed by atoms with E-state index < -0.39 is 0 Å². The van der Waals surface area contributed by atoms with E-state index in [-0.39, 0.29) is 5.95 Å². The molecule has 0 aliphatic rings. The van der Waals surface area contributed by atoms with Crippen molar-refractivity contribution < 1.29 is 0 Å². The summed E-state index contributed by atoms with van der Waals surface area (Å²) in [5.74, 6) is 0.566. The molecule has 0 unspecified atom stereocenters. The fraction of sp³-hybridized carbons (Fsp3) is 0. The third-order valence-electron chi connectivity index (χ3n) is 2.11. The number of nitrogens with two attached hydrogens (primary N) is 1. The quantitative estimate of drug-likeness (QED) is 0.690. The van der Waals surface area contributed by atoms with Gasteiger partial charge in [-0.3, -0.25) is 4.57 Å². The summed E-state index contributed by atoms with van der Waals surface area (Å²) < 4.78 is 1.65. The van der Waals surface area contributed by atoms with Gasteiger partial charge in [0, 0.05) is 18.6 Å². The van der Waals surface area contributed by atoms with Gasteiger partial charge in [-0.1, -0.05) is 0 Å². The molecule has 0 spiro atoms. The number of hydrogen-bond acceptors (Lipinski definition) is 8. The van der Waals surface area contributed by atoms with Gasteiger partial charge < -0.3 is 5.73 Å². The topological polar surface area (TPSA) is 108 Å². The van der Waals surface area contributed by atoms with Crippen LogP contribution in [0.25, 0.3) is 5.95 Å². The van der Waals surface area contributed by atoms with E-state index in [1.54, 1.807) is 35.6 Å². The van der Waals surface area contributed by atoms with Crippen LogP contribution >= 0.6 is 11.8 Å². The number of nitrogen functional groups attached to an aromatic ring is 1. The number of nitrogens with zero attached hydrogens (tertiary/aromatic N) is 7. The van der Waals surface area contributed by atoms with Crippen molar-refractivity contribution in [3.05, 3.63) is 37.3 Å². The van der Waals surface area contributed by atoms with Gasteiger partial charge in [-0.15, -0.1) is 0 Å². The Morgan fingerprint density at radius 2 is 2.05 bits per heavy atom. The SMILES string of the molecule is Nc1nc(Sc2ccncn2)nc(-n2ccnc2)n1. The molecule has 94 valence electrons. The molecule has 0 aliphatic heterocycles. The molecule has 0 amide bonds. The van der Waals surface area contributed by atoms with Gasteiger partial charge in [-0.25, -0.2) is 15.0 Å². The molecule has 0 fully saturated rings. The van der Waals surface area contributed by atoms with Gasteiger partial charge in [-0.2, -0.15) is 15.0 Å². The molecule has 8 nitrogen and oxygen atoms in total. The average molecular weight is 272 g/mol. The highest BCUT2D eigenvalue weighted by molar-refractivity contribution is 7.99. The first-order valence-corrected chi connectivity index (χ1v) is 6.07. The van der Waals surface area contributed by atoms with Gasteiger partial charge in [0.25, 0.3) is 0 Å². The van der Waals surface area contributed by atoms with Crippen LogP contribution in [0.15, 0.2) is 47.5 Å². The molecule has 3 heterocycles. The minimum absolute atomic E-state index is 0.148. The Labute approximate surface area is 112 Å². The van der Waals surface area contributed by atoms with Gasteiger partial charge in [0.15, 0.2) is 0 Å². The van der Waals surface area contributed by atoms with Crippen molar-refractivity contribution in [2.24, 2.45) is 0 Å². The van der Waals surface area contributed by atoms with E-state index in [9.17, 15) is 0 Å². The molecule has 0 atom stereocenters. The summed E-state index contributed by atoms with van der Waals surface area (Å²) in [5, 5.41) is 1.20. The van der Waals surface area contributed by atoms with Gasteiger partial charge in [-0.05, 0) is 17.8 Å². The van der Waals surface area contributed by atoms with E-state index >= 15 is 0 Å². The lowest BCUT2D eigenvalue weighted by Gasteiger charge is -2.04. The van der Waals surface area contributed by atoms with Crippen LogP contribution in [-0.4, -0.2) is 34.5 Å². The van der Waals surface area contributed by atoms with Gasteiger partial charge in [0.1, 0.15) is 17.7 Å². The molecule has 0 radical (unpaired) electrons. The predicted molar refractivity (Wildman–Crippen MR) is 67.5 cm³/mol. The van der Waals surface area contributed by atoms with Crippen molar-refractivity contribution >= 4 is 17.7 Å². The molecule has 9 heteroatoms. The molecule has 0 saturated carbocycles. The molecule has 0 aliphatic carbocycles. The zero-order chi connectivity index (χ0) is 13.1. The number of anilines is 1. The van der Waals surface area contributed by atoms with E-state index in [4.69, 9.17) is 5.73 Å². The Bertz CT molecular complexity index is 669. The van der Waals surface area contributed by atoms with E-state index in [1.807, 2.05) is 0 Å². The molecule has 3 rings (SSSR count). The van der Waals surface area contributed by atoms with E-state index in [0.717, 1.165) is 5.03 Å². The lowest BCUT2D eigenvalue weighted by atomic mass is 10.7. The maximum absolute atomic E-state index is 5.68.